The Hall–Kier alpha value is -0.900. The van der Waals surface area contributed by atoms with Crippen molar-refractivity contribution in [3.05, 3.63) is 23.3 Å². The number of fused-ring (bicyclic) bond motifs is 1. The first-order valence-electron chi connectivity index (χ1n) is 6.85. The van der Waals surface area contributed by atoms with Gasteiger partial charge >= 0.3 is 0 Å². The second kappa shape index (κ2) is 5.39. The number of rotatable bonds is 1. The van der Waals surface area contributed by atoms with Gasteiger partial charge in [-0.2, -0.15) is 11.8 Å². The van der Waals surface area contributed by atoms with Gasteiger partial charge in [-0.25, -0.2) is 9.97 Å². The zero-order valence-electron chi connectivity index (χ0n) is 10.5. The van der Waals surface area contributed by atoms with Crippen molar-refractivity contribution in [3.8, 4) is 0 Å². The molecule has 1 saturated heterocycles. The fraction of sp³-hybridized carbons (Fsp3) is 0.643. The number of carbonyl (C=O) groups is 1. The molecule has 0 spiro atoms. The van der Waals surface area contributed by atoms with Crippen LogP contribution in [0.1, 0.15) is 65.7 Å². The van der Waals surface area contributed by atoms with Crippen LogP contribution in [0.2, 0.25) is 0 Å². The summed E-state index contributed by atoms with van der Waals surface area (Å²) in [6.07, 6.45) is 9.21. The third-order valence-electron chi connectivity index (χ3n) is 3.72. The van der Waals surface area contributed by atoms with E-state index in [0.29, 0.717) is 11.7 Å². The van der Waals surface area contributed by atoms with Gasteiger partial charge in [-0.15, -0.1) is 0 Å². The standard InChI is InChI=1S/C14H18N2OS/c17-12-6-2-1-5-11-10(12)9-15-14(16-11)13-7-3-4-8-18-13/h9,13H,1-8H2. The maximum absolute atomic E-state index is 11.9. The van der Waals surface area contributed by atoms with E-state index in [1.54, 1.807) is 6.20 Å². The summed E-state index contributed by atoms with van der Waals surface area (Å²) >= 11 is 1.96. The molecule has 1 fully saturated rings. The predicted molar refractivity (Wildman–Crippen MR) is 73.0 cm³/mol. The molecule has 1 aliphatic carbocycles. The van der Waals surface area contributed by atoms with Crippen LogP contribution in [0, 0.1) is 0 Å². The molecule has 0 radical (unpaired) electrons. The van der Waals surface area contributed by atoms with Crippen LogP contribution in [0.5, 0.6) is 0 Å². The summed E-state index contributed by atoms with van der Waals surface area (Å²) < 4.78 is 0. The highest BCUT2D eigenvalue weighted by atomic mass is 32.2. The SMILES string of the molecule is O=C1CCCCc2nc(C3CCCCS3)ncc21. The Kier molecular flexibility index (Phi) is 3.64. The summed E-state index contributed by atoms with van der Waals surface area (Å²) in [5.74, 6) is 2.39. The van der Waals surface area contributed by atoms with Gasteiger partial charge in [0.05, 0.1) is 16.5 Å². The van der Waals surface area contributed by atoms with Gasteiger partial charge in [0.15, 0.2) is 5.78 Å². The summed E-state index contributed by atoms with van der Waals surface area (Å²) in [7, 11) is 0. The molecule has 1 aliphatic heterocycles. The lowest BCUT2D eigenvalue weighted by atomic mass is 10.1. The first-order valence-corrected chi connectivity index (χ1v) is 7.90. The summed E-state index contributed by atoms with van der Waals surface area (Å²) in [5, 5.41) is 0.447. The molecular weight excluding hydrogens is 244 g/mol. The Morgan fingerprint density at radius 2 is 2.06 bits per heavy atom. The highest BCUT2D eigenvalue weighted by Crippen LogP contribution is 2.36. The summed E-state index contributed by atoms with van der Waals surface area (Å²) in [6.45, 7) is 0. The van der Waals surface area contributed by atoms with Crippen molar-refractivity contribution in [1.29, 1.82) is 0 Å². The third-order valence-corrected chi connectivity index (χ3v) is 5.10. The maximum atomic E-state index is 11.9. The molecule has 0 bridgehead atoms. The maximum Gasteiger partial charge on any atom is 0.166 e. The van der Waals surface area contributed by atoms with Crippen LogP contribution in [0.4, 0.5) is 0 Å². The van der Waals surface area contributed by atoms with Crippen molar-refractivity contribution < 1.29 is 4.79 Å². The molecule has 18 heavy (non-hydrogen) atoms. The molecule has 0 N–H and O–H groups in total. The predicted octanol–water partition coefficient (Wildman–Crippen LogP) is 3.34. The van der Waals surface area contributed by atoms with E-state index in [9.17, 15) is 4.79 Å². The molecule has 1 aromatic rings. The Balaban J connectivity index is 1.89. The number of aryl methyl sites for hydroxylation is 1. The topological polar surface area (TPSA) is 42.9 Å². The molecule has 1 atom stereocenters. The van der Waals surface area contributed by atoms with Crippen molar-refractivity contribution in [2.45, 2.75) is 50.2 Å². The van der Waals surface area contributed by atoms with Crippen molar-refractivity contribution >= 4 is 17.5 Å². The van der Waals surface area contributed by atoms with E-state index in [0.717, 1.165) is 36.3 Å². The average molecular weight is 262 g/mol. The molecule has 3 nitrogen and oxygen atoms in total. The number of thioether (sulfide) groups is 1. The van der Waals surface area contributed by atoms with Crippen molar-refractivity contribution in [1.82, 2.24) is 9.97 Å². The zero-order valence-corrected chi connectivity index (χ0v) is 11.3. The van der Waals surface area contributed by atoms with Crippen LogP contribution in [-0.2, 0) is 6.42 Å². The lowest BCUT2D eigenvalue weighted by Gasteiger charge is -2.20. The van der Waals surface area contributed by atoms with E-state index >= 15 is 0 Å². The van der Waals surface area contributed by atoms with Crippen LogP contribution < -0.4 is 0 Å². The quantitative estimate of drug-likeness (QED) is 0.728. The molecule has 0 saturated carbocycles. The lowest BCUT2D eigenvalue weighted by molar-refractivity contribution is 0.0981. The van der Waals surface area contributed by atoms with Crippen LogP contribution in [0.15, 0.2) is 6.20 Å². The van der Waals surface area contributed by atoms with Gasteiger partial charge in [0.25, 0.3) is 0 Å². The van der Waals surface area contributed by atoms with Crippen LogP contribution in [0.3, 0.4) is 0 Å². The first kappa shape index (κ1) is 12.2. The number of nitrogens with zero attached hydrogens (tertiary/aromatic N) is 2. The Morgan fingerprint density at radius 3 is 2.89 bits per heavy atom. The largest absolute Gasteiger partial charge is 0.294 e. The van der Waals surface area contributed by atoms with Gasteiger partial charge in [-0.05, 0) is 37.9 Å². The van der Waals surface area contributed by atoms with E-state index < -0.39 is 0 Å². The Morgan fingerprint density at radius 1 is 1.17 bits per heavy atom. The normalized spacial score (nSPS) is 24.4. The van der Waals surface area contributed by atoms with Gasteiger partial charge in [-0.1, -0.05) is 6.42 Å². The second-order valence-electron chi connectivity index (χ2n) is 5.07. The van der Waals surface area contributed by atoms with Crippen molar-refractivity contribution in [2.75, 3.05) is 5.75 Å². The molecule has 4 heteroatoms. The molecule has 1 aromatic heterocycles. The third kappa shape index (κ3) is 2.44. The smallest absolute Gasteiger partial charge is 0.166 e. The number of aromatic nitrogens is 2. The van der Waals surface area contributed by atoms with E-state index in [-0.39, 0.29) is 5.78 Å². The molecule has 2 aliphatic rings. The van der Waals surface area contributed by atoms with E-state index in [2.05, 4.69) is 4.98 Å². The summed E-state index contributed by atoms with van der Waals surface area (Å²) in [5.41, 5.74) is 1.77. The second-order valence-corrected chi connectivity index (χ2v) is 6.38. The molecule has 0 aromatic carbocycles. The van der Waals surface area contributed by atoms with Crippen molar-refractivity contribution in [2.24, 2.45) is 0 Å². The molecule has 0 amide bonds. The van der Waals surface area contributed by atoms with Gasteiger partial charge in [0.2, 0.25) is 0 Å². The van der Waals surface area contributed by atoms with Gasteiger partial charge in [-0.3, -0.25) is 4.79 Å². The Bertz CT molecular complexity index is 455. The molecular formula is C14H18N2OS. The molecule has 3 rings (SSSR count). The van der Waals surface area contributed by atoms with Gasteiger partial charge in [0, 0.05) is 12.6 Å². The van der Waals surface area contributed by atoms with Crippen LogP contribution in [-0.4, -0.2) is 21.5 Å². The number of hydrogen-bond acceptors (Lipinski definition) is 4. The lowest BCUT2D eigenvalue weighted by Crippen LogP contribution is -2.11. The fourth-order valence-corrected chi connectivity index (χ4v) is 3.92. The molecule has 96 valence electrons. The zero-order chi connectivity index (χ0) is 12.4. The number of ketones is 1. The minimum absolute atomic E-state index is 0.227. The molecule has 1 unspecified atom stereocenters. The number of hydrogen-bond donors (Lipinski definition) is 0. The van der Waals surface area contributed by atoms with Crippen LogP contribution >= 0.6 is 11.8 Å². The van der Waals surface area contributed by atoms with Crippen LogP contribution in [0.25, 0.3) is 0 Å². The number of carbonyl (C=O) groups excluding carboxylic acids is 1. The monoisotopic (exact) mass is 262 g/mol. The summed E-state index contributed by atoms with van der Waals surface area (Å²) in [6, 6.07) is 0. The van der Waals surface area contributed by atoms with Gasteiger partial charge in [0.1, 0.15) is 5.82 Å². The van der Waals surface area contributed by atoms with E-state index in [1.165, 1.54) is 25.0 Å². The highest BCUT2D eigenvalue weighted by molar-refractivity contribution is 7.99. The average Bonchev–Trinajstić information content (AvgIpc) is 2.61. The highest BCUT2D eigenvalue weighted by Gasteiger charge is 2.22. The van der Waals surface area contributed by atoms with Crippen molar-refractivity contribution in [3.63, 3.8) is 0 Å². The summed E-state index contributed by atoms with van der Waals surface area (Å²) in [4.78, 5) is 21.1. The Labute approximate surface area is 112 Å². The first-order chi connectivity index (χ1) is 8.84. The van der Waals surface area contributed by atoms with E-state index in [4.69, 9.17) is 4.98 Å². The van der Waals surface area contributed by atoms with E-state index in [1.807, 2.05) is 11.8 Å². The minimum atomic E-state index is 0.227. The van der Waals surface area contributed by atoms with Gasteiger partial charge < -0.3 is 0 Å². The fourth-order valence-electron chi connectivity index (χ4n) is 2.67. The number of Topliss-reactive ketones (excluding diaryl/α,β-unsaturated/α-hetero) is 1. The minimum Gasteiger partial charge on any atom is -0.294 e. The molecule has 2 heterocycles.